The van der Waals surface area contributed by atoms with Crippen molar-refractivity contribution < 1.29 is 37.2 Å². The molecule has 0 saturated carbocycles. The molecule has 2 aromatic carbocycles. The lowest BCUT2D eigenvalue weighted by atomic mass is 9.78. The first kappa shape index (κ1) is 35.0. The predicted molar refractivity (Wildman–Crippen MR) is 160 cm³/mol. The Morgan fingerprint density at radius 3 is 2.25 bits per heavy atom. The summed E-state index contributed by atoms with van der Waals surface area (Å²) >= 11 is 0. The maximum Gasteiger partial charge on any atom is 0.492 e. The summed E-state index contributed by atoms with van der Waals surface area (Å²) in [4.78, 5) is 40.5. The summed E-state index contributed by atoms with van der Waals surface area (Å²) in [7, 11) is -1.11. The number of rotatable bonds is 14. The topological polar surface area (TPSA) is 186 Å². The smallest absolute Gasteiger partial charge is 0.423 e. The first-order valence-electron chi connectivity index (χ1n) is 14.4. The van der Waals surface area contributed by atoms with Crippen LogP contribution in [0.15, 0.2) is 42.5 Å². The fourth-order valence-corrected chi connectivity index (χ4v) is 4.97. The summed E-state index contributed by atoms with van der Waals surface area (Å²) in [6, 6.07) is 7.21. The Labute approximate surface area is 254 Å². The first-order chi connectivity index (χ1) is 20.7. The van der Waals surface area contributed by atoms with Gasteiger partial charge >= 0.3 is 13.3 Å². The van der Waals surface area contributed by atoms with Gasteiger partial charge in [-0.15, -0.1) is 0 Å². The van der Waals surface area contributed by atoms with Gasteiger partial charge in [0.25, 0.3) is 0 Å². The molecule has 15 heteroatoms. The molecule has 0 aliphatic carbocycles. The number of fused-ring (bicyclic) bond motifs is 1. The second-order valence-corrected chi connectivity index (χ2v) is 11.2. The van der Waals surface area contributed by atoms with Crippen LogP contribution < -0.4 is 33.3 Å². The van der Waals surface area contributed by atoms with E-state index in [-0.39, 0.29) is 44.7 Å². The number of hydrogen-bond donors (Lipinski definition) is 6. The van der Waals surface area contributed by atoms with E-state index in [9.17, 15) is 32.6 Å². The minimum atomic E-state index is -4.48. The minimum Gasteiger partial charge on any atom is -0.423 e. The number of benzene rings is 2. The molecule has 0 saturated heterocycles. The number of nitrogens with zero attached hydrogens (tertiary/aromatic N) is 1. The molecule has 0 spiro atoms. The van der Waals surface area contributed by atoms with E-state index in [2.05, 4.69) is 10.6 Å². The highest BCUT2D eigenvalue weighted by Gasteiger charge is 2.40. The van der Waals surface area contributed by atoms with Crippen LogP contribution >= 0.6 is 0 Å². The number of nitrogens with two attached hydrogens (primary N) is 3. The van der Waals surface area contributed by atoms with Crippen LogP contribution in [0.4, 0.5) is 18.9 Å². The van der Waals surface area contributed by atoms with Gasteiger partial charge in [-0.2, -0.15) is 13.2 Å². The largest absolute Gasteiger partial charge is 0.492 e. The van der Waals surface area contributed by atoms with Crippen molar-refractivity contribution in [3.05, 3.63) is 59.2 Å². The van der Waals surface area contributed by atoms with Gasteiger partial charge in [0.2, 0.25) is 17.7 Å². The molecule has 2 atom stereocenters. The molecule has 0 fully saturated rings. The molecule has 0 unspecified atom stereocenters. The Balaban J connectivity index is 1.72. The summed E-state index contributed by atoms with van der Waals surface area (Å²) in [6.07, 6.45) is -4.28. The SMILES string of the molecule is CC1(C)OB(O)c2ccc(NC(=O)[C@@H](CCc3ccc(C(F)(F)F)cc3)NC(=O)[C@@H](N)CCC(=O)N(CCN)CCN)cc21. The van der Waals surface area contributed by atoms with Crippen LogP contribution in [0.5, 0.6) is 0 Å². The Morgan fingerprint density at radius 1 is 1.02 bits per heavy atom. The standard InChI is InChI=1S/C29H40BF3N6O5/c1-28(2)21-17-20(8-9-22(21)30(43)44-28)37-27(42)24(11-5-18-3-6-19(7-4-18)29(31,32)33)38-26(41)23(36)10-12-25(40)39(15-13-34)16-14-35/h3-4,6-9,17,23-24,43H,5,10-16,34-36H2,1-2H3,(H,37,42)(H,38,41)/t23-,24+/m0/s1. The fourth-order valence-electron chi connectivity index (χ4n) is 4.97. The predicted octanol–water partition coefficient (Wildman–Crippen LogP) is 0.568. The quantitative estimate of drug-likeness (QED) is 0.166. The zero-order valence-electron chi connectivity index (χ0n) is 24.8. The highest BCUT2D eigenvalue weighted by atomic mass is 19.4. The highest BCUT2D eigenvalue weighted by Crippen LogP contribution is 2.32. The van der Waals surface area contributed by atoms with E-state index in [0.717, 1.165) is 12.1 Å². The van der Waals surface area contributed by atoms with Gasteiger partial charge in [-0.1, -0.05) is 18.2 Å². The maximum absolute atomic E-state index is 13.4. The molecule has 9 N–H and O–H groups in total. The molecular weight excluding hydrogens is 580 g/mol. The Bertz CT molecular complexity index is 1310. The van der Waals surface area contributed by atoms with E-state index in [1.165, 1.54) is 17.0 Å². The monoisotopic (exact) mass is 620 g/mol. The third-order valence-corrected chi connectivity index (χ3v) is 7.43. The number of alkyl halides is 3. The molecule has 240 valence electrons. The van der Waals surface area contributed by atoms with E-state index in [4.69, 9.17) is 21.9 Å². The van der Waals surface area contributed by atoms with Crippen molar-refractivity contribution in [1.29, 1.82) is 0 Å². The number of carbonyl (C=O) groups is 3. The molecule has 0 aromatic heterocycles. The molecule has 1 heterocycles. The van der Waals surface area contributed by atoms with Gasteiger partial charge < -0.3 is 42.4 Å². The van der Waals surface area contributed by atoms with Crippen molar-refractivity contribution >= 4 is 36.0 Å². The number of aryl methyl sites for hydroxylation is 1. The van der Waals surface area contributed by atoms with E-state index < -0.39 is 48.4 Å². The van der Waals surface area contributed by atoms with Crippen molar-refractivity contribution in [2.75, 3.05) is 31.5 Å². The van der Waals surface area contributed by atoms with Gasteiger partial charge in [0.1, 0.15) is 6.04 Å². The molecular formula is C29H40BF3N6O5. The third-order valence-electron chi connectivity index (χ3n) is 7.43. The molecule has 3 amide bonds. The second-order valence-electron chi connectivity index (χ2n) is 11.2. The number of halogens is 3. The fraction of sp³-hybridized carbons (Fsp3) is 0.483. The zero-order valence-corrected chi connectivity index (χ0v) is 24.8. The number of hydrogen-bond acceptors (Lipinski definition) is 8. The lowest BCUT2D eigenvalue weighted by molar-refractivity contribution is -0.137. The summed E-state index contributed by atoms with van der Waals surface area (Å²) < 4.78 is 44.5. The van der Waals surface area contributed by atoms with Crippen molar-refractivity contribution in [3.8, 4) is 0 Å². The van der Waals surface area contributed by atoms with E-state index in [1.807, 2.05) is 0 Å². The van der Waals surface area contributed by atoms with Gasteiger partial charge in [-0.25, -0.2) is 0 Å². The maximum atomic E-state index is 13.4. The van der Waals surface area contributed by atoms with Crippen molar-refractivity contribution in [2.24, 2.45) is 17.2 Å². The Morgan fingerprint density at radius 2 is 1.66 bits per heavy atom. The Kier molecular flexibility index (Phi) is 11.9. The average Bonchev–Trinajstić information content (AvgIpc) is 3.20. The number of anilines is 1. The van der Waals surface area contributed by atoms with Crippen LogP contribution in [-0.2, 0) is 37.2 Å². The van der Waals surface area contributed by atoms with Crippen molar-refractivity contribution in [1.82, 2.24) is 10.2 Å². The molecule has 2 aromatic rings. The number of nitrogens with one attached hydrogen (secondary N) is 2. The lowest BCUT2D eigenvalue weighted by Gasteiger charge is -2.23. The molecule has 3 rings (SSSR count). The van der Waals surface area contributed by atoms with Gasteiger partial charge in [-0.3, -0.25) is 14.4 Å². The molecule has 1 aliphatic heterocycles. The minimum absolute atomic E-state index is 0.00574. The molecule has 1 aliphatic rings. The van der Waals surface area contributed by atoms with Crippen molar-refractivity contribution in [3.63, 3.8) is 0 Å². The average molecular weight is 620 g/mol. The molecule has 44 heavy (non-hydrogen) atoms. The van der Waals surface area contributed by atoms with Gasteiger partial charge in [0, 0.05) is 38.3 Å². The molecule has 11 nitrogen and oxygen atoms in total. The number of carbonyl (C=O) groups excluding carboxylic acids is 3. The second kappa shape index (κ2) is 15.0. The summed E-state index contributed by atoms with van der Waals surface area (Å²) in [6.45, 7) is 4.69. The lowest BCUT2D eigenvalue weighted by Crippen LogP contribution is -2.50. The van der Waals surface area contributed by atoms with Crippen LogP contribution in [0, 0.1) is 0 Å². The number of amides is 3. The van der Waals surface area contributed by atoms with Gasteiger partial charge in [-0.05, 0) is 74.0 Å². The van der Waals surface area contributed by atoms with Crippen LogP contribution in [0.3, 0.4) is 0 Å². The van der Waals surface area contributed by atoms with E-state index >= 15 is 0 Å². The van der Waals surface area contributed by atoms with E-state index in [1.54, 1.807) is 32.0 Å². The summed E-state index contributed by atoms with van der Waals surface area (Å²) in [5.74, 6) is -1.50. The summed E-state index contributed by atoms with van der Waals surface area (Å²) in [5, 5.41) is 15.6. The van der Waals surface area contributed by atoms with Crippen LogP contribution in [-0.4, -0.2) is 73.0 Å². The third kappa shape index (κ3) is 9.25. The summed E-state index contributed by atoms with van der Waals surface area (Å²) in [5.41, 5.74) is 17.8. The molecule has 0 radical (unpaired) electrons. The van der Waals surface area contributed by atoms with Gasteiger partial charge in [0.15, 0.2) is 0 Å². The Hall–Kier alpha value is -3.50. The molecule has 0 bridgehead atoms. The van der Waals surface area contributed by atoms with Crippen LogP contribution in [0.1, 0.15) is 49.8 Å². The highest BCUT2D eigenvalue weighted by molar-refractivity contribution is 6.62. The zero-order chi connectivity index (χ0) is 32.7. The van der Waals surface area contributed by atoms with Crippen LogP contribution in [0.2, 0.25) is 0 Å². The van der Waals surface area contributed by atoms with Crippen LogP contribution in [0.25, 0.3) is 0 Å². The van der Waals surface area contributed by atoms with Crippen molar-refractivity contribution in [2.45, 2.75) is 63.4 Å². The van der Waals surface area contributed by atoms with E-state index in [0.29, 0.717) is 35.4 Å². The first-order valence-corrected chi connectivity index (χ1v) is 14.4. The van der Waals surface area contributed by atoms with Gasteiger partial charge in [0.05, 0.1) is 17.2 Å². The normalized spacial score (nSPS) is 15.3.